The van der Waals surface area contributed by atoms with E-state index in [4.69, 9.17) is 0 Å². The van der Waals surface area contributed by atoms with E-state index in [0.29, 0.717) is 10.9 Å². The van der Waals surface area contributed by atoms with E-state index in [9.17, 15) is 14.7 Å². The van der Waals surface area contributed by atoms with Crippen molar-refractivity contribution in [2.24, 2.45) is 5.92 Å². The molecule has 0 unspecified atom stereocenters. The SMILES string of the molecule is C[C@H]1CC[C@H](NC(=O)c2ccc3c4c(ccc(C(=O)O)c24)CC3)CC1. The quantitative estimate of drug-likeness (QED) is 0.891. The van der Waals surface area contributed by atoms with Crippen molar-refractivity contribution in [3.05, 3.63) is 46.5 Å². The molecule has 0 aromatic heterocycles. The summed E-state index contributed by atoms with van der Waals surface area (Å²) in [5.74, 6) is -0.391. The zero-order chi connectivity index (χ0) is 17.6. The van der Waals surface area contributed by atoms with E-state index in [2.05, 4.69) is 12.2 Å². The lowest BCUT2D eigenvalue weighted by Gasteiger charge is -2.27. The Morgan fingerprint density at radius 3 is 2.12 bits per heavy atom. The van der Waals surface area contributed by atoms with Crippen LogP contribution in [0.15, 0.2) is 24.3 Å². The highest BCUT2D eigenvalue weighted by Crippen LogP contribution is 2.35. The molecule has 25 heavy (non-hydrogen) atoms. The minimum Gasteiger partial charge on any atom is -0.478 e. The molecule has 2 N–H and O–H groups in total. The van der Waals surface area contributed by atoms with Gasteiger partial charge in [0.25, 0.3) is 5.91 Å². The molecule has 2 aromatic rings. The first-order chi connectivity index (χ1) is 12.0. The van der Waals surface area contributed by atoms with E-state index < -0.39 is 5.97 Å². The minimum atomic E-state index is -0.976. The van der Waals surface area contributed by atoms with Gasteiger partial charge in [0, 0.05) is 17.0 Å². The summed E-state index contributed by atoms with van der Waals surface area (Å²) in [5, 5.41) is 14.3. The maximum Gasteiger partial charge on any atom is 0.336 e. The van der Waals surface area contributed by atoms with Gasteiger partial charge in [0.1, 0.15) is 0 Å². The molecule has 0 bridgehead atoms. The number of carbonyl (C=O) groups excluding carboxylic acids is 1. The second-order valence-electron chi connectivity index (χ2n) is 7.53. The van der Waals surface area contributed by atoms with Crippen molar-refractivity contribution in [3.8, 4) is 0 Å². The van der Waals surface area contributed by atoms with E-state index in [-0.39, 0.29) is 17.5 Å². The van der Waals surface area contributed by atoms with Gasteiger partial charge in [0.05, 0.1) is 5.56 Å². The average Bonchev–Trinajstić information content (AvgIpc) is 3.02. The van der Waals surface area contributed by atoms with Gasteiger partial charge in [-0.2, -0.15) is 0 Å². The lowest BCUT2D eigenvalue weighted by atomic mass is 9.87. The number of aromatic carboxylic acids is 1. The van der Waals surface area contributed by atoms with Crippen LogP contribution >= 0.6 is 0 Å². The highest BCUT2D eigenvalue weighted by atomic mass is 16.4. The summed E-state index contributed by atoms with van der Waals surface area (Å²) in [5.41, 5.74) is 3.02. The van der Waals surface area contributed by atoms with E-state index >= 15 is 0 Å². The van der Waals surface area contributed by atoms with Crippen LogP contribution in [0.5, 0.6) is 0 Å². The second-order valence-corrected chi connectivity index (χ2v) is 7.53. The summed E-state index contributed by atoms with van der Waals surface area (Å²) in [6.45, 7) is 2.25. The van der Waals surface area contributed by atoms with Crippen molar-refractivity contribution in [1.82, 2.24) is 5.32 Å². The lowest BCUT2D eigenvalue weighted by molar-refractivity contribution is 0.0699. The summed E-state index contributed by atoms with van der Waals surface area (Å²) in [6, 6.07) is 7.53. The highest BCUT2D eigenvalue weighted by Gasteiger charge is 2.26. The van der Waals surface area contributed by atoms with Crippen LogP contribution in [0.25, 0.3) is 10.8 Å². The molecule has 0 radical (unpaired) electrons. The van der Waals surface area contributed by atoms with Gasteiger partial charge < -0.3 is 10.4 Å². The lowest BCUT2D eigenvalue weighted by Crippen LogP contribution is -2.37. The van der Waals surface area contributed by atoms with E-state index in [1.807, 2.05) is 12.1 Å². The fourth-order valence-corrected chi connectivity index (χ4v) is 4.36. The van der Waals surface area contributed by atoms with Crippen LogP contribution in [-0.4, -0.2) is 23.0 Å². The molecule has 4 heteroatoms. The van der Waals surface area contributed by atoms with Crippen molar-refractivity contribution in [2.75, 3.05) is 0 Å². The normalized spacial score (nSPS) is 22.1. The Kier molecular flexibility index (Phi) is 3.98. The number of carbonyl (C=O) groups is 2. The molecule has 0 heterocycles. The summed E-state index contributed by atoms with van der Waals surface area (Å²) in [7, 11) is 0. The summed E-state index contributed by atoms with van der Waals surface area (Å²) >= 11 is 0. The van der Waals surface area contributed by atoms with Crippen LogP contribution in [0.4, 0.5) is 0 Å². The number of amides is 1. The number of hydrogen-bond acceptors (Lipinski definition) is 2. The number of rotatable bonds is 3. The maximum atomic E-state index is 12.9. The van der Waals surface area contributed by atoms with Gasteiger partial charge in [-0.05, 0) is 73.1 Å². The maximum absolute atomic E-state index is 12.9. The molecule has 1 saturated carbocycles. The smallest absolute Gasteiger partial charge is 0.336 e. The van der Waals surface area contributed by atoms with Crippen LogP contribution in [0.1, 0.15) is 64.4 Å². The Balaban J connectivity index is 1.75. The number of hydrogen-bond donors (Lipinski definition) is 2. The fourth-order valence-electron chi connectivity index (χ4n) is 4.36. The van der Waals surface area contributed by atoms with Crippen LogP contribution in [-0.2, 0) is 12.8 Å². The fraction of sp³-hybridized carbons (Fsp3) is 0.429. The largest absolute Gasteiger partial charge is 0.478 e. The molecule has 2 aliphatic carbocycles. The molecule has 1 fully saturated rings. The van der Waals surface area contributed by atoms with E-state index in [0.717, 1.165) is 61.0 Å². The zero-order valence-electron chi connectivity index (χ0n) is 14.5. The van der Waals surface area contributed by atoms with Gasteiger partial charge >= 0.3 is 5.97 Å². The Hall–Kier alpha value is -2.36. The Morgan fingerprint density at radius 1 is 0.920 bits per heavy atom. The molecule has 2 aromatic carbocycles. The molecular formula is C21H23NO3. The monoisotopic (exact) mass is 337 g/mol. The average molecular weight is 337 g/mol. The standard InChI is InChI=1S/C21H23NO3/c1-12-2-8-15(9-3-12)22-20(23)16-10-6-13-4-5-14-7-11-17(21(24)25)19(16)18(13)14/h6-7,10-12,15H,2-5,8-9H2,1H3,(H,22,23)(H,24,25)/t12-,15-. The molecule has 0 atom stereocenters. The van der Waals surface area contributed by atoms with Crippen molar-refractivity contribution in [1.29, 1.82) is 0 Å². The molecule has 4 rings (SSSR count). The van der Waals surface area contributed by atoms with Crippen LogP contribution in [0.2, 0.25) is 0 Å². The topological polar surface area (TPSA) is 66.4 Å². The molecule has 0 aliphatic heterocycles. The molecule has 2 aliphatic rings. The molecular weight excluding hydrogens is 314 g/mol. The van der Waals surface area contributed by atoms with Gasteiger partial charge in [0.15, 0.2) is 0 Å². The summed E-state index contributed by atoms with van der Waals surface area (Å²) in [4.78, 5) is 24.6. The third-order valence-corrected chi connectivity index (χ3v) is 5.82. The Bertz CT molecular complexity index is 853. The second kappa shape index (κ2) is 6.17. The van der Waals surface area contributed by atoms with E-state index in [1.54, 1.807) is 12.1 Å². The van der Waals surface area contributed by atoms with Crippen LogP contribution in [0.3, 0.4) is 0 Å². The van der Waals surface area contributed by atoms with Gasteiger partial charge in [-0.3, -0.25) is 4.79 Å². The molecule has 4 nitrogen and oxygen atoms in total. The Labute approximate surface area is 147 Å². The zero-order valence-corrected chi connectivity index (χ0v) is 14.5. The first kappa shape index (κ1) is 16.1. The third-order valence-electron chi connectivity index (χ3n) is 5.82. The first-order valence-corrected chi connectivity index (χ1v) is 9.16. The number of aryl methyl sites for hydroxylation is 2. The summed E-state index contributed by atoms with van der Waals surface area (Å²) in [6.07, 6.45) is 6.10. The highest BCUT2D eigenvalue weighted by molar-refractivity contribution is 6.16. The number of benzene rings is 2. The molecule has 1 amide bonds. The van der Waals surface area contributed by atoms with Crippen LogP contribution in [0, 0.1) is 5.92 Å². The number of nitrogens with one attached hydrogen (secondary N) is 1. The first-order valence-electron chi connectivity index (χ1n) is 9.16. The van der Waals surface area contributed by atoms with Gasteiger partial charge in [-0.15, -0.1) is 0 Å². The molecule has 130 valence electrons. The van der Waals surface area contributed by atoms with Gasteiger partial charge in [0.2, 0.25) is 0 Å². The van der Waals surface area contributed by atoms with Gasteiger partial charge in [-0.25, -0.2) is 4.79 Å². The summed E-state index contributed by atoms with van der Waals surface area (Å²) < 4.78 is 0. The number of carboxylic acids is 1. The molecule has 0 spiro atoms. The minimum absolute atomic E-state index is 0.141. The van der Waals surface area contributed by atoms with Crippen molar-refractivity contribution in [2.45, 2.75) is 51.5 Å². The molecule has 0 saturated heterocycles. The Morgan fingerprint density at radius 2 is 1.52 bits per heavy atom. The van der Waals surface area contributed by atoms with E-state index in [1.165, 1.54) is 0 Å². The van der Waals surface area contributed by atoms with Crippen molar-refractivity contribution < 1.29 is 14.7 Å². The number of carboxylic acid groups (broad SMARTS) is 1. The van der Waals surface area contributed by atoms with Crippen LogP contribution < -0.4 is 5.32 Å². The van der Waals surface area contributed by atoms with Crippen molar-refractivity contribution in [3.63, 3.8) is 0 Å². The third kappa shape index (κ3) is 2.80. The predicted molar refractivity (Wildman–Crippen MR) is 97.2 cm³/mol. The van der Waals surface area contributed by atoms with Crippen molar-refractivity contribution >= 4 is 22.6 Å². The van der Waals surface area contributed by atoms with Gasteiger partial charge in [-0.1, -0.05) is 19.1 Å². The predicted octanol–water partition coefficient (Wildman–Crippen LogP) is 3.95.